The zero-order chi connectivity index (χ0) is 15.4. The van der Waals surface area contributed by atoms with Crippen LogP contribution in [0.2, 0.25) is 0 Å². The van der Waals surface area contributed by atoms with Gasteiger partial charge in [-0.15, -0.1) is 0 Å². The molecule has 3 nitrogen and oxygen atoms in total. The summed E-state index contributed by atoms with van der Waals surface area (Å²) in [4.78, 5) is 12.2. The summed E-state index contributed by atoms with van der Waals surface area (Å²) in [5, 5.41) is 2.87. The van der Waals surface area contributed by atoms with Crippen LogP contribution in [0.1, 0.15) is 12.5 Å². The van der Waals surface area contributed by atoms with Crippen LogP contribution in [0, 0.1) is 6.92 Å². The Bertz CT molecular complexity index is 658. The highest BCUT2D eigenvalue weighted by Crippen LogP contribution is 2.29. The molecule has 0 aliphatic carbocycles. The molecule has 2 aromatic rings. The fourth-order valence-electron chi connectivity index (χ4n) is 1.76. The van der Waals surface area contributed by atoms with Crippen molar-refractivity contribution in [2.45, 2.75) is 20.0 Å². The van der Waals surface area contributed by atoms with E-state index in [-0.39, 0.29) is 5.91 Å². The van der Waals surface area contributed by atoms with Gasteiger partial charge in [0.1, 0.15) is 5.75 Å². The van der Waals surface area contributed by atoms with E-state index in [2.05, 4.69) is 37.2 Å². The number of ether oxygens (including phenoxy) is 1. The van der Waals surface area contributed by atoms with E-state index in [4.69, 9.17) is 4.74 Å². The molecular weight excluding hydrogens is 398 g/mol. The van der Waals surface area contributed by atoms with Gasteiger partial charge in [-0.25, -0.2) is 0 Å². The standard InChI is InChI=1S/C16H15Br2NO2/c1-10-5-3-4-6-14(10)19-16(20)11(2)21-15-8-7-12(17)9-13(15)18/h3-9,11H,1-2H3,(H,19,20). The first-order valence-electron chi connectivity index (χ1n) is 6.45. The molecule has 1 atom stereocenters. The molecular formula is C16H15Br2NO2. The lowest BCUT2D eigenvalue weighted by atomic mass is 10.2. The molecule has 0 aliphatic rings. The number of hydrogen-bond acceptors (Lipinski definition) is 2. The Morgan fingerprint density at radius 3 is 2.57 bits per heavy atom. The molecule has 0 fully saturated rings. The molecule has 1 amide bonds. The lowest BCUT2D eigenvalue weighted by molar-refractivity contribution is -0.122. The Morgan fingerprint density at radius 2 is 1.90 bits per heavy atom. The fraction of sp³-hybridized carbons (Fsp3) is 0.188. The van der Waals surface area contributed by atoms with E-state index in [9.17, 15) is 4.79 Å². The summed E-state index contributed by atoms with van der Waals surface area (Å²) in [5.41, 5.74) is 1.82. The molecule has 1 unspecified atom stereocenters. The summed E-state index contributed by atoms with van der Waals surface area (Å²) in [6.45, 7) is 3.68. The summed E-state index contributed by atoms with van der Waals surface area (Å²) >= 11 is 6.80. The highest BCUT2D eigenvalue weighted by Gasteiger charge is 2.16. The molecule has 2 rings (SSSR count). The Balaban J connectivity index is 2.04. The Kier molecular flexibility index (Phi) is 5.42. The van der Waals surface area contributed by atoms with Crippen LogP contribution in [0.25, 0.3) is 0 Å². The van der Waals surface area contributed by atoms with Crippen LogP contribution in [-0.4, -0.2) is 12.0 Å². The van der Waals surface area contributed by atoms with Gasteiger partial charge in [-0.1, -0.05) is 34.1 Å². The van der Waals surface area contributed by atoms with Gasteiger partial charge in [0.2, 0.25) is 0 Å². The second-order valence-corrected chi connectivity index (χ2v) is 6.41. The van der Waals surface area contributed by atoms with Crippen molar-refractivity contribution in [2.24, 2.45) is 0 Å². The topological polar surface area (TPSA) is 38.3 Å². The normalized spacial score (nSPS) is 11.8. The second-order valence-electron chi connectivity index (χ2n) is 4.64. The average Bonchev–Trinajstić information content (AvgIpc) is 2.44. The molecule has 5 heteroatoms. The van der Waals surface area contributed by atoms with Crippen molar-refractivity contribution >= 4 is 43.5 Å². The molecule has 0 heterocycles. The number of carbonyl (C=O) groups excluding carboxylic acids is 1. The highest BCUT2D eigenvalue weighted by atomic mass is 79.9. The number of nitrogens with one attached hydrogen (secondary N) is 1. The molecule has 21 heavy (non-hydrogen) atoms. The third-order valence-corrected chi connectivity index (χ3v) is 4.08. The largest absolute Gasteiger partial charge is 0.480 e. The predicted molar refractivity (Wildman–Crippen MR) is 91.7 cm³/mol. The third-order valence-electron chi connectivity index (χ3n) is 2.97. The molecule has 1 N–H and O–H groups in total. The average molecular weight is 413 g/mol. The summed E-state index contributed by atoms with van der Waals surface area (Å²) in [5.74, 6) is 0.449. The van der Waals surface area contributed by atoms with Crippen LogP contribution in [-0.2, 0) is 4.79 Å². The Hall–Kier alpha value is -1.33. The number of halogens is 2. The van der Waals surface area contributed by atoms with Gasteiger partial charge in [0.25, 0.3) is 5.91 Å². The Morgan fingerprint density at radius 1 is 1.19 bits per heavy atom. The molecule has 0 radical (unpaired) electrons. The van der Waals surface area contributed by atoms with Crippen LogP contribution >= 0.6 is 31.9 Å². The van der Waals surface area contributed by atoms with Crippen LogP contribution in [0.3, 0.4) is 0 Å². The number of aryl methyl sites for hydroxylation is 1. The summed E-state index contributed by atoms with van der Waals surface area (Å²) in [6.07, 6.45) is -0.595. The van der Waals surface area contributed by atoms with Crippen molar-refractivity contribution in [3.63, 3.8) is 0 Å². The zero-order valence-electron chi connectivity index (χ0n) is 11.7. The van der Waals surface area contributed by atoms with E-state index in [0.29, 0.717) is 5.75 Å². The second kappa shape index (κ2) is 7.09. The van der Waals surface area contributed by atoms with Crippen LogP contribution < -0.4 is 10.1 Å². The number of rotatable bonds is 4. The number of hydrogen-bond donors (Lipinski definition) is 1. The number of para-hydroxylation sites is 1. The van der Waals surface area contributed by atoms with Crippen LogP contribution in [0.15, 0.2) is 51.4 Å². The molecule has 2 aromatic carbocycles. The predicted octanol–water partition coefficient (Wildman–Crippen LogP) is 4.93. The van der Waals surface area contributed by atoms with Gasteiger partial charge in [-0.2, -0.15) is 0 Å². The lowest BCUT2D eigenvalue weighted by Crippen LogP contribution is -2.30. The smallest absolute Gasteiger partial charge is 0.265 e. The number of carbonyl (C=O) groups is 1. The molecule has 0 bridgehead atoms. The minimum atomic E-state index is -0.595. The SMILES string of the molecule is Cc1ccccc1NC(=O)C(C)Oc1ccc(Br)cc1Br. The van der Waals surface area contributed by atoms with Crippen molar-refractivity contribution in [2.75, 3.05) is 5.32 Å². The minimum Gasteiger partial charge on any atom is -0.480 e. The zero-order valence-corrected chi connectivity index (χ0v) is 14.9. The van der Waals surface area contributed by atoms with Crippen LogP contribution in [0.5, 0.6) is 5.75 Å². The van der Waals surface area contributed by atoms with E-state index in [1.165, 1.54) is 0 Å². The third kappa shape index (κ3) is 4.32. The van der Waals surface area contributed by atoms with Gasteiger partial charge >= 0.3 is 0 Å². The van der Waals surface area contributed by atoms with E-state index in [1.54, 1.807) is 6.92 Å². The molecule has 0 aromatic heterocycles. The van der Waals surface area contributed by atoms with E-state index in [1.807, 2.05) is 49.4 Å². The molecule has 0 aliphatic heterocycles. The first kappa shape index (κ1) is 16.0. The van der Waals surface area contributed by atoms with Crippen molar-refractivity contribution in [3.05, 3.63) is 57.0 Å². The van der Waals surface area contributed by atoms with Gasteiger partial charge in [-0.3, -0.25) is 4.79 Å². The lowest BCUT2D eigenvalue weighted by Gasteiger charge is -2.16. The van der Waals surface area contributed by atoms with Gasteiger partial charge in [-0.05, 0) is 59.6 Å². The van der Waals surface area contributed by atoms with E-state index >= 15 is 0 Å². The summed E-state index contributed by atoms with van der Waals surface area (Å²) in [7, 11) is 0. The maximum atomic E-state index is 12.2. The van der Waals surface area contributed by atoms with Gasteiger partial charge in [0.05, 0.1) is 4.47 Å². The maximum Gasteiger partial charge on any atom is 0.265 e. The Labute approximate surface area is 141 Å². The number of anilines is 1. The van der Waals surface area contributed by atoms with Crippen molar-refractivity contribution < 1.29 is 9.53 Å². The van der Waals surface area contributed by atoms with Crippen molar-refractivity contribution in [1.29, 1.82) is 0 Å². The quantitative estimate of drug-likeness (QED) is 0.773. The van der Waals surface area contributed by atoms with E-state index < -0.39 is 6.10 Å². The minimum absolute atomic E-state index is 0.181. The number of benzene rings is 2. The van der Waals surface area contributed by atoms with E-state index in [0.717, 1.165) is 20.2 Å². The summed E-state index contributed by atoms with van der Waals surface area (Å²) < 4.78 is 7.44. The molecule has 110 valence electrons. The highest BCUT2D eigenvalue weighted by molar-refractivity contribution is 9.11. The number of amides is 1. The maximum absolute atomic E-state index is 12.2. The molecule has 0 saturated heterocycles. The summed E-state index contributed by atoms with van der Waals surface area (Å²) in [6, 6.07) is 13.2. The molecule has 0 spiro atoms. The fourth-order valence-corrected chi connectivity index (χ4v) is 2.90. The van der Waals surface area contributed by atoms with Gasteiger partial charge < -0.3 is 10.1 Å². The van der Waals surface area contributed by atoms with Crippen molar-refractivity contribution in [3.8, 4) is 5.75 Å². The van der Waals surface area contributed by atoms with Gasteiger partial charge in [0, 0.05) is 10.2 Å². The first-order chi connectivity index (χ1) is 9.97. The molecule has 0 saturated carbocycles. The van der Waals surface area contributed by atoms with Crippen molar-refractivity contribution in [1.82, 2.24) is 0 Å². The van der Waals surface area contributed by atoms with Gasteiger partial charge in [0.15, 0.2) is 6.10 Å². The first-order valence-corrected chi connectivity index (χ1v) is 8.04. The van der Waals surface area contributed by atoms with Crippen LogP contribution in [0.4, 0.5) is 5.69 Å². The monoisotopic (exact) mass is 411 g/mol.